The van der Waals surface area contributed by atoms with Gasteiger partial charge in [0.1, 0.15) is 0 Å². The van der Waals surface area contributed by atoms with Crippen LogP contribution in [-0.4, -0.2) is 31.1 Å². The van der Waals surface area contributed by atoms with Crippen molar-refractivity contribution in [1.82, 2.24) is 10.6 Å². The Morgan fingerprint density at radius 2 is 1.86 bits per heavy atom. The Labute approximate surface area is 165 Å². The van der Waals surface area contributed by atoms with E-state index in [4.69, 9.17) is 4.74 Å². The first-order valence-electron chi connectivity index (χ1n) is 8.70. The molecule has 10 heteroatoms. The van der Waals surface area contributed by atoms with Gasteiger partial charge in [0.15, 0.2) is 5.96 Å². The van der Waals surface area contributed by atoms with E-state index < -0.39 is 16.7 Å². The number of non-ortho nitro benzene ring substituents is 1. The van der Waals surface area contributed by atoms with Crippen LogP contribution in [0.1, 0.15) is 16.7 Å². The molecule has 0 saturated carbocycles. The van der Waals surface area contributed by atoms with Crippen LogP contribution < -0.4 is 10.6 Å². The first-order chi connectivity index (χ1) is 13.8. The maximum Gasteiger partial charge on any atom is 0.416 e. The van der Waals surface area contributed by atoms with Crippen molar-refractivity contribution in [2.75, 3.05) is 20.3 Å². The minimum atomic E-state index is -4.41. The van der Waals surface area contributed by atoms with Gasteiger partial charge in [-0.3, -0.25) is 10.1 Å². The van der Waals surface area contributed by atoms with Gasteiger partial charge >= 0.3 is 6.18 Å². The molecule has 0 unspecified atom stereocenters. The molecular formula is C19H21F3N4O3. The fraction of sp³-hybridized carbons (Fsp3) is 0.316. The van der Waals surface area contributed by atoms with E-state index in [0.29, 0.717) is 31.2 Å². The number of aliphatic imine (C=N–C) groups is 1. The third kappa shape index (κ3) is 7.41. The van der Waals surface area contributed by atoms with Crippen LogP contribution in [0.4, 0.5) is 18.9 Å². The quantitative estimate of drug-likeness (QED) is 0.229. The molecule has 0 spiro atoms. The molecule has 7 nitrogen and oxygen atoms in total. The first-order valence-corrected chi connectivity index (χ1v) is 8.70. The Bertz CT molecular complexity index is 839. The minimum Gasteiger partial charge on any atom is -0.383 e. The average molecular weight is 410 g/mol. The Hall–Kier alpha value is -3.14. The van der Waals surface area contributed by atoms with E-state index in [1.54, 1.807) is 25.3 Å². The van der Waals surface area contributed by atoms with Crippen molar-refractivity contribution in [2.24, 2.45) is 4.99 Å². The topological polar surface area (TPSA) is 88.8 Å². The minimum absolute atomic E-state index is 0.00888. The van der Waals surface area contributed by atoms with Gasteiger partial charge in [0.25, 0.3) is 5.69 Å². The number of hydrogen-bond acceptors (Lipinski definition) is 4. The number of benzene rings is 2. The Balaban J connectivity index is 2.05. The SMILES string of the molecule is COCCNC(=NCc1cccc(C(F)(F)F)c1)NCc1ccc([N+](=O)[O-])cc1. The molecule has 0 aliphatic rings. The molecule has 2 rings (SSSR count). The number of nitrogens with one attached hydrogen (secondary N) is 2. The summed E-state index contributed by atoms with van der Waals surface area (Å²) >= 11 is 0. The van der Waals surface area contributed by atoms with Crippen molar-refractivity contribution in [1.29, 1.82) is 0 Å². The molecule has 0 aliphatic heterocycles. The summed E-state index contributed by atoms with van der Waals surface area (Å²) in [6.07, 6.45) is -4.41. The van der Waals surface area contributed by atoms with E-state index in [2.05, 4.69) is 15.6 Å². The average Bonchev–Trinajstić information content (AvgIpc) is 2.69. The van der Waals surface area contributed by atoms with Gasteiger partial charge in [-0.15, -0.1) is 0 Å². The number of nitro groups is 1. The maximum atomic E-state index is 12.8. The highest BCUT2D eigenvalue weighted by Gasteiger charge is 2.30. The van der Waals surface area contributed by atoms with Gasteiger partial charge in [-0.2, -0.15) is 13.2 Å². The lowest BCUT2D eigenvalue weighted by Crippen LogP contribution is -2.38. The lowest BCUT2D eigenvalue weighted by atomic mass is 10.1. The summed E-state index contributed by atoms with van der Waals surface area (Å²) in [5.41, 5.74) is 0.474. The molecule has 0 heterocycles. The smallest absolute Gasteiger partial charge is 0.383 e. The lowest BCUT2D eigenvalue weighted by molar-refractivity contribution is -0.384. The van der Waals surface area contributed by atoms with E-state index in [1.807, 2.05) is 0 Å². The number of guanidine groups is 1. The Morgan fingerprint density at radius 3 is 2.48 bits per heavy atom. The molecule has 0 bridgehead atoms. The normalized spacial score (nSPS) is 11.9. The summed E-state index contributed by atoms with van der Waals surface area (Å²) in [5.74, 6) is 0.387. The molecule has 29 heavy (non-hydrogen) atoms. The van der Waals surface area contributed by atoms with E-state index in [1.165, 1.54) is 18.2 Å². The van der Waals surface area contributed by atoms with Gasteiger partial charge in [-0.25, -0.2) is 4.99 Å². The van der Waals surface area contributed by atoms with E-state index in [-0.39, 0.29) is 12.2 Å². The van der Waals surface area contributed by atoms with Crippen LogP contribution in [0.5, 0.6) is 0 Å². The summed E-state index contributed by atoms with van der Waals surface area (Å²) in [4.78, 5) is 14.5. The zero-order valence-corrected chi connectivity index (χ0v) is 15.7. The summed E-state index contributed by atoms with van der Waals surface area (Å²) < 4.78 is 43.5. The van der Waals surface area contributed by atoms with Crippen molar-refractivity contribution < 1.29 is 22.8 Å². The number of methoxy groups -OCH3 is 1. The number of ether oxygens (including phenoxy) is 1. The number of halogens is 3. The van der Waals surface area contributed by atoms with Crippen molar-refractivity contribution in [3.63, 3.8) is 0 Å². The number of rotatable bonds is 8. The van der Waals surface area contributed by atoms with Crippen molar-refractivity contribution in [2.45, 2.75) is 19.3 Å². The Kier molecular flexibility index (Phi) is 7.96. The second kappa shape index (κ2) is 10.4. The van der Waals surface area contributed by atoms with Gasteiger partial charge in [0, 0.05) is 32.3 Å². The molecular weight excluding hydrogens is 389 g/mol. The molecule has 0 atom stereocenters. The largest absolute Gasteiger partial charge is 0.416 e. The summed E-state index contributed by atoms with van der Waals surface area (Å²) in [6.45, 7) is 1.25. The molecule has 2 N–H and O–H groups in total. The van der Waals surface area contributed by atoms with Crippen molar-refractivity contribution >= 4 is 11.6 Å². The zero-order valence-electron chi connectivity index (χ0n) is 15.7. The van der Waals surface area contributed by atoms with Gasteiger partial charge in [-0.1, -0.05) is 24.3 Å². The van der Waals surface area contributed by atoms with Crippen LogP contribution in [0.3, 0.4) is 0 Å². The standard InChI is InChI=1S/C19H21F3N4O3/c1-29-10-9-23-18(24-12-14-5-7-17(8-6-14)26(27)28)25-13-15-3-2-4-16(11-15)19(20,21)22/h2-8,11H,9-10,12-13H2,1H3,(H2,23,24,25). The van der Waals surface area contributed by atoms with Crippen LogP contribution in [-0.2, 0) is 24.0 Å². The van der Waals surface area contributed by atoms with Crippen molar-refractivity contribution in [3.05, 3.63) is 75.3 Å². The predicted molar refractivity (Wildman–Crippen MR) is 102 cm³/mol. The molecule has 2 aromatic rings. The summed E-state index contributed by atoms with van der Waals surface area (Å²) in [7, 11) is 1.55. The molecule has 2 aromatic carbocycles. The number of hydrogen-bond donors (Lipinski definition) is 2. The molecule has 0 aliphatic carbocycles. The maximum absolute atomic E-state index is 12.8. The van der Waals surface area contributed by atoms with Gasteiger partial charge in [-0.05, 0) is 23.3 Å². The van der Waals surface area contributed by atoms with Crippen LogP contribution in [0.25, 0.3) is 0 Å². The highest BCUT2D eigenvalue weighted by molar-refractivity contribution is 5.79. The molecule has 0 saturated heterocycles. The molecule has 156 valence electrons. The summed E-state index contributed by atoms with van der Waals surface area (Å²) in [6, 6.07) is 11.0. The highest BCUT2D eigenvalue weighted by Crippen LogP contribution is 2.29. The second-order valence-electron chi connectivity index (χ2n) is 6.06. The highest BCUT2D eigenvalue weighted by atomic mass is 19.4. The first kappa shape index (κ1) is 22.2. The van der Waals surface area contributed by atoms with E-state index >= 15 is 0 Å². The number of nitro benzene ring substituents is 1. The van der Waals surface area contributed by atoms with Crippen LogP contribution >= 0.6 is 0 Å². The molecule has 0 aromatic heterocycles. The molecule has 0 radical (unpaired) electrons. The lowest BCUT2D eigenvalue weighted by Gasteiger charge is -2.13. The zero-order chi connectivity index (χ0) is 21.3. The third-order valence-corrected chi connectivity index (χ3v) is 3.88. The number of alkyl halides is 3. The number of nitrogens with zero attached hydrogens (tertiary/aromatic N) is 2. The van der Waals surface area contributed by atoms with Crippen LogP contribution in [0.2, 0.25) is 0 Å². The third-order valence-electron chi connectivity index (χ3n) is 3.88. The van der Waals surface area contributed by atoms with Crippen LogP contribution in [0, 0.1) is 10.1 Å². The monoisotopic (exact) mass is 410 g/mol. The van der Waals surface area contributed by atoms with Gasteiger partial charge < -0.3 is 15.4 Å². The van der Waals surface area contributed by atoms with Gasteiger partial charge in [0.05, 0.1) is 23.6 Å². The van der Waals surface area contributed by atoms with Gasteiger partial charge in [0.2, 0.25) is 0 Å². The molecule has 0 amide bonds. The van der Waals surface area contributed by atoms with Crippen molar-refractivity contribution in [3.8, 4) is 0 Å². The Morgan fingerprint density at radius 1 is 1.14 bits per heavy atom. The van der Waals surface area contributed by atoms with Crippen LogP contribution in [0.15, 0.2) is 53.5 Å². The molecule has 0 fully saturated rings. The fourth-order valence-electron chi connectivity index (χ4n) is 2.38. The van der Waals surface area contributed by atoms with E-state index in [9.17, 15) is 23.3 Å². The fourth-order valence-corrected chi connectivity index (χ4v) is 2.38. The van der Waals surface area contributed by atoms with E-state index in [0.717, 1.165) is 17.7 Å². The second-order valence-corrected chi connectivity index (χ2v) is 6.06. The summed E-state index contributed by atoms with van der Waals surface area (Å²) in [5, 5.41) is 16.8. The predicted octanol–water partition coefficient (Wildman–Crippen LogP) is 3.50.